The molecule has 1 aromatic heterocycles. The molecule has 1 N–H and O–H groups in total. The molecule has 0 radical (unpaired) electrons. The highest BCUT2D eigenvalue weighted by molar-refractivity contribution is 4.99. The van der Waals surface area contributed by atoms with Gasteiger partial charge in [0.05, 0.1) is 6.54 Å². The zero-order valence-electron chi connectivity index (χ0n) is 14.3. The molecule has 0 aromatic carbocycles. The minimum absolute atomic E-state index is 0.252. The van der Waals surface area contributed by atoms with Crippen LogP contribution < -0.4 is 5.32 Å². The minimum atomic E-state index is 0.252. The molecule has 120 valence electrons. The second-order valence-corrected chi connectivity index (χ2v) is 6.58. The summed E-state index contributed by atoms with van der Waals surface area (Å²) < 4.78 is 2.01. The molecule has 1 atom stereocenters. The van der Waals surface area contributed by atoms with Crippen LogP contribution in [-0.2, 0) is 13.1 Å². The first-order valence-electron chi connectivity index (χ1n) is 8.41. The Labute approximate surface area is 129 Å². The number of nitrogens with one attached hydrogen (secondary N) is 1. The average molecular weight is 293 g/mol. The van der Waals surface area contributed by atoms with Crippen LogP contribution in [0.15, 0.2) is 6.33 Å². The highest BCUT2D eigenvalue weighted by Crippen LogP contribution is 2.26. The third-order valence-corrected chi connectivity index (χ3v) is 5.12. The lowest BCUT2D eigenvalue weighted by atomic mass is 9.86. The molecule has 1 aliphatic rings. The largest absolute Gasteiger partial charge is 0.308 e. The highest BCUT2D eigenvalue weighted by atomic mass is 15.4. The molecule has 0 aliphatic carbocycles. The first-order valence-corrected chi connectivity index (χ1v) is 8.41. The molecule has 2 heterocycles. The maximum atomic E-state index is 4.46. The van der Waals surface area contributed by atoms with Crippen molar-refractivity contribution in [2.24, 2.45) is 5.92 Å². The maximum absolute atomic E-state index is 4.46. The molecule has 5 heteroatoms. The molecule has 1 aliphatic heterocycles. The van der Waals surface area contributed by atoms with Gasteiger partial charge in [0.25, 0.3) is 0 Å². The van der Waals surface area contributed by atoms with Gasteiger partial charge in [-0.15, -0.1) is 0 Å². The summed E-state index contributed by atoms with van der Waals surface area (Å²) in [5.74, 6) is 1.73. The van der Waals surface area contributed by atoms with E-state index in [-0.39, 0.29) is 5.54 Å². The van der Waals surface area contributed by atoms with Gasteiger partial charge < -0.3 is 5.32 Å². The molecule has 1 saturated heterocycles. The van der Waals surface area contributed by atoms with E-state index < -0.39 is 0 Å². The van der Waals surface area contributed by atoms with E-state index in [1.807, 2.05) is 4.68 Å². The Morgan fingerprint density at radius 3 is 2.62 bits per heavy atom. The van der Waals surface area contributed by atoms with E-state index in [1.54, 1.807) is 6.33 Å². The predicted octanol–water partition coefficient (Wildman–Crippen LogP) is 2.29. The highest BCUT2D eigenvalue weighted by Gasteiger charge is 2.38. The SMILES string of the molecule is CCn1ncnc1CN1CC(CC)(CC)NCC1C(C)C. The number of hydrogen-bond acceptors (Lipinski definition) is 4. The summed E-state index contributed by atoms with van der Waals surface area (Å²) >= 11 is 0. The van der Waals surface area contributed by atoms with Crippen LogP contribution in [-0.4, -0.2) is 44.3 Å². The van der Waals surface area contributed by atoms with Gasteiger partial charge in [0.2, 0.25) is 0 Å². The van der Waals surface area contributed by atoms with Crippen molar-refractivity contribution >= 4 is 0 Å². The minimum Gasteiger partial charge on any atom is -0.308 e. The third-order valence-electron chi connectivity index (χ3n) is 5.12. The lowest BCUT2D eigenvalue weighted by Crippen LogP contribution is -2.64. The summed E-state index contributed by atoms with van der Waals surface area (Å²) in [4.78, 5) is 7.08. The van der Waals surface area contributed by atoms with E-state index in [1.165, 1.54) is 12.8 Å². The zero-order valence-corrected chi connectivity index (χ0v) is 14.3. The van der Waals surface area contributed by atoms with Crippen LogP contribution in [0.25, 0.3) is 0 Å². The van der Waals surface area contributed by atoms with Crippen molar-refractivity contribution in [1.82, 2.24) is 25.0 Å². The molecule has 0 amide bonds. The van der Waals surface area contributed by atoms with Crippen molar-refractivity contribution in [3.05, 3.63) is 12.2 Å². The van der Waals surface area contributed by atoms with E-state index in [4.69, 9.17) is 0 Å². The van der Waals surface area contributed by atoms with Crippen molar-refractivity contribution < 1.29 is 0 Å². The molecule has 0 spiro atoms. The lowest BCUT2D eigenvalue weighted by molar-refractivity contribution is 0.0414. The van der Waals surface area contributed by atoms with Gasteiger partial charge in [0.15, 0.2) is 0 Å². The van der Waals surface area contributed by atoms with Gasteiger partial charge in [-0.25, -0.2) is 9.67 Å². The Morgan fingerprint density at radius 1 is 1.33 bits per heavy atom. The monoisotopic (exact) mass is 293 g/mol. The normalized spacial score (nSPS) is 22.9. The van der Waals surface area contributed by atoms with Crippen LogP contribution in [0.2, 0.25) is 0 Å². The van der Waals surface area contributed by atoms with Gasteiger partial charge in [-0.3, -0.25) is 4.90 Å². The standard InChI is InChI=1S/C16H31N5/c1-6-16(7-2)11-20(14(9-18-16)13(4)5)10-15-17-12-19-21(15)8-3/h12-14,18H,6-11H2,1-5H3. The number of rotatable bonds is 6. The number of hydrogen-bond donors (Lipinski definition) is 1. The van der Waals surface area contributed by atoms with Crippen molar-refractivity contribution in [2.75, 3.05) is 13.1 Å². The van der Waals surface area contributed by atoms with Crippen LogP contribution in [0.4, 0.5) is 0 Å². The second kappa shape index (κ2) is 6.88. The van der Waals surface area contributed by atoms with E-state index in [0.717, 1.165) is 32.0 Å². The van der Waals surface area contributed by atoms with Gasteiger partial charge in [-0.1, -0.05) is 27.7 Å². The van der Waals surface area contributed by atoms with E-state index in [2.05, 4.69) is 54.9 Å². The quantitative estimate of drug-likeness (QED) is 0.874. The molecule has 1 unspecified atom stereocenters. The average Bonchev–Trinajstić information content (AvgIpc) is 2.94. The zero-order chi connectivity index (χ0) is 15.5. The Bertz CT molecular complexity index is 436. The van der Waals surface area contributed by atoms with Crippen molar-refractivity contribution in [3.8, 4) is 0 Å². The summed E-state index contributed by atoms with van der Waals surface area (Å²) in [7, 11) is 0. The molecule has 1 fully saturated rings. The predicted molar refractivity (Wildman–Crippen MR) is 86.0 cm³/mol. The smallest absolute Gasteiger partial charge is 0.141 e. The van der Waals surface area contributed by atoms with Gasteiger partial charge in [-0.2, -0.15) is 5.10 Å². The Hall–Kier alpha value is -0.940. The van der Waals surface area contributed by atoms with Crippen LogP contribution in [0, 0.1) is 5.92 Å². The summed E-state index contributed by atoms with van der Waals surface area (Å²) in [5, 5.41) is 8.13. The summed E-state index contributed by atoms with van der Waals surface area (Å²) in [6, 6.07) is 0.568. The summed E-state index contributed by atoms with van der Waals surface area (Å²) in [6.45, 7) is 15.3. The Kier molecular flexibility index (Phi) is 5.38. The molecule has 5 nitrogen and oxygen atoms in total. The van der Waals surface area contributed by atoms with Gasteiger partial charge in [0, 0.05) is 31.2 Å². The van der Waals surface area contributed by atoms with E-state index >= 15 is 0 Å². The lowest BCUT2D eigenvalue weighted by Gasteiger charge is -2.48. The van der Waals surface area contributed by atoms with Crippen molar-refractivity contribution in [2.45, 2.75) is 72.1 Å². The molecule has 0 saturated carbocycles. The van der Waals surface area contributed by atoms with Crippen molar-refractivity contribution in [1.29, 1.82) is 0 Å². The summed E-state index contributed by atoms with van der Waals surface area (Å²) in [5.41, 5.74) is 0.252. The maximum Gasteiger partial charge on any atom is 0.141 e. The molecular formula is C16H31N5. The number of aryl methyl sites for hydroxylation is 1. The van der Waals surface area contributed by atoms with Crippen LogP contribution >= 0.6 is 0 Å². The topological polar surface area (TPSA) is 46.0 Å². The number of aromatic nitrogens is 3. The van der Waals surface area contributed by atoms with Gasteiger partial charge in [-0.05, 0) is 25.7 Å². The van der Waals surface area contributed by atoms with Crippen LogP contribution in [0.3, 0.4) is 0 Å². The second-order valence-electron chi connectivity index (χ2n) is 6.58. The van der Waals surface area contributed by atoms with Crippen molar-refractivity contribution in [3.63, 3.8) is 0 Å². The Morgan fingerprint density at radius 2 is 2.05 bits per heavy atom. The molecule has 2 rings (SSSR count). The molecular weight excluding hydrogens is 262 g/mol. The third kappa shape index (κ3) is 3.46. The van der Waals surface area contributed by atoms with Gasteiger partial charge >= 0.3 is 0 Å². The van der Waals surface area contributed by atoms with Gasteiger partial charge in [0.1, 0.15) is 12.2 Å². The Balaban J connectivity index is 2.18. The fraction of sp³-hybridized carbons (Fsp3) is 0.875. The fourth-order valence-electron chi connectivity index (χ4n) is 3.42. The summed E-state index contributed by atoms with van der Waals surface area (Å²) in [6.07, 6.45) is 4.02. The van der Waals surface area contributed by atoms with E-state index in [9.17, 15) is 0 Å². The first kappa shape index (κ1) is 16.4. The van der Waals surface area contributed by atoms with Crippen LogP contribution in [0.5, 0.6) is 0 Å². The van der Waals surface area contributed by atoms with Crippen LogP contribution in [0.1, 0.15) is 53.3 Å². The molecule has 1 aromatic rings. The fourth-order valence-corrected chi connectivity index (χ4v) is 3.42. The first-order chi connectivity index (χ1) is 10.0. The number of nitrogens with zero attached hydrogens (tertiary/aromatic N) is 4. The molecule has 21 heavy (non-hydrogen) atoms. The van der Waals surface area contributed by atoms with E-state index in [0.29, 0.717) is 12.0 Å². The number of piperazine rings is 1. The molecule has 0 bridgehead atoms.